The van der Waals surface area contributed by atoms with Crippen molar-refractivity contribution in [2.24, 2.45) is 0 Å². The second-order valence-corrected chi connectivity index (χ2v) is 5.58. The summed E-state index contributed by atoms with van der Waals surface area (Å²) in [5, 5.41) is 0. The fourth-order valence-corrected chi connectivity index (χ4v) is 3.57. The van der Waals surface area contributed by atoms with Crippen LogP contribution >= 0.6 is 0 Å². The molecule has 3 aliphatic heterocycles. The third kappa shape index (κ3) is 1.71. The molecule has 0 bridgehead atoms. The highest BCUT2D eigenvalue weighted by Gasteiger charge is 2.66. The molecule has 1 aromatic rings. The molecule has 0 aromatic heterocycles. The maximum absolute atomic E-state index is 6.07. The molecule has 3 aliphatic rings. The van der Waals surface area contributed by atoms with E-state index in [2.05, 4.69) is 0 Å². The van der Waals surface area contributed by atoms with Crippen molar-refractivity contribution in [3.05, 3.63) is 30.3 Å². The lowest BCUT2D eigenvalue weighted by atomic mass is 9.94. The van der Waals surface area contributed by atoms with Gasteiger partial charge in [0.05, 0.1) is 32.8 Å². The lowest BCUT2D eigenvalue weighted by Crippen LogP contribution is -2.59. The summed E-state index contributed by atoms with van der Waals surface area (Å²) in [6.45, 7) is 3.43. The Kier molecular flexibility index (Phi) is 2.60. The van der Waals surface area contributed by atoms with Crippen molar-refractivity contribution in [3.63, 3.8) is 0 Å². The Morgan fingerprint density at radius 1 is 1.16 bits per heavy atom. The topological polar surface area (TPSA) is 36.9 Å². The predicted octanol–water partition coefficient (Wildman–Crippen LogP) is 0.777. The summed E-state index contributed by atoms with van der Waals surface area (Å²) in [6, 6.07) is 9.84. The number of nitrogens with zero attached hydrogens (tertiary/aromatic N) is 1. The summed E-state index contributed by atoms with van der Waals surface area (Å²) in [5.41, 5.74) is 0. The van der Waals surface area contributed by atoms with Crippen LogP contribution in [0.4, 0.5) is 0 Å². The number of hydrogen-bond acceptors (Lipinski definition) is 4. The van der Waals surface area contributed by atoms with E-state index in [1.165, 1.54) is 0 Å². The molecule has 19 heavy (non-hydrogen) atoms. The summed E-state index contributed by atoms with van der Waals surface area (Å²) < 4.78 is 24.3. The lowest BCUT2D eigenvalue weighted by Gasteiger charge is -2.37. The molecule has 1 atom stereocenters. The van der Waals surface area contributed by atoms with E-state index in [0.29, 0.717) is 6.61 Å². The van der Waals surface area contributed by atoms with Gasteiger partial charge < -0.3 is 23.1 Å². The molecule has 6 heteroatoms. The van der Waals surface area contributed by atoms with Gasteiger partial charge >= 0.3 is 6.89 Å². The summed E-state index contributed by atoms with van der Waals surface area (Å²) in [5.74, 6) is 0.880. The molecule has 4 rings (SSSR count). The van der Waals surface area contributed by atoms with Gasteiger partial charge in [0.15, 0.2) is 0 Å². The standard InChI is InChI=1S/C13H18BNO4/c1-2-4-12(5-3-1)16-11-13-10-15-6-8-17-14(15,19-13)18-9-7-15/h1-5,13H,6-11H2/t13-,14?,15?/m0/s1. The zero-order valence-electron chi connectivity index (χ0n) is 10.9. The van der Waals surface area contributed by atoms with Gasteiger partial charge in [0.25, 0.3) is 0 Å². The highest BCUT2D eigenvalue weighted by atomic mass is 16.8. The van der Waals surface area contributed by atoms with Gasteiger partial charge in [-0.25, -0.2) is 0 Å². The molecule has 102 valence electrons. The molecule has 0 aliphatic carbocycles. The largest absolute Gasteiger partial charge is 0.625 e. The third-order valence-electron chi connectivity index (χ3n) is 4.51. The molecular weight excluding hydrogens is 245 g/mol. The molecule has 0 saturated carbocycles. The normalized spacial score (nSPS) is 40.1. The van der Waals surface area contributed by atoms with Crippen molar-refractivity contribution in [2.45, 2.75) is 6.10 Å². The molecule has 5 nitrogen and oxygen atoms in total. The van der Waals surface area contributed by atoms with Crippen molar-refractivity contribution in [1.29, 1.82) is 0 Å². The molecular formula is C13H18BNO4. The monoisotopic (exact) mass is 263 g/mol. The van der Waals surface area contributed by atoms with E-state index in [1.54, 1.807) is 0 Å². The van der Waals surface area contributed by atoms with Crippen LogP contribution in [0.1, 0.15) is 0 Å². The SMILES string of the molecule is c1ccc(OC[C@@H]2C[N+]34CCO[B-]3(OCC4)O2)cc1. The quantitative estimate of drug-likeness (QED) is 0.755. The lowest BCUT2D eigenvalue weighted by molar-refractivity contribution is -0.816. The van der Waals surface area contributed by atoms with Crippen LogP contribution in [0.25, 0.3) is 0 Å². The van der Waals surface area contributed by atoms with Crippen molar-refractivity contribution >= 4 is 6.89 Å². The first-order valence-corrected chi connectivity index (χ1v) is 6.95. The summed E-state index contributed by atoms with van der Waals surface area (Å²) in [4.78, 5) is 0. The minimum absolute atomic E-state index is 0.0563. The van der Waals surface area contributed by atoms with Gasteiger partial charge in [0.1, 0.15) is 18.5 Å². The number of para-hydroxylation sites is 1. The zero-order chi connectivity index (χ0) is 12.8. The van der Waals surface area contributed by atoms with E-state index < -0.39 is 6.89 Å². The maximum Gasteiger partial charge on any atom is 0.625 e. The Hall–Kier alpha value is -1.08. The van der Waals surface area contributed by atoms with Crippen molar-refractivity contribution in [3.8, 4) is 5.75 Å². The third-order valence-corrected chi connectivity index (χ3v) is 4.51. The van der Waals surface area contributed by atoms with Gasteiger partial charge in [-0.15, -0.1) is 0 Å². The summed E-state index contributed by atoms with van der Waals surface area (Å²) in [7, 11) is 0. The van der Waals surface area contributed by atoms with Crippen molar-refractivity contribution in [2.75, 3.05) is 39.5 Å². The molecule has 3 heterocycles. The Bertz CT molecular complexity index is 439. The fourth-order valence-electron chi connectivity index (χ4n) is 3.57. The Morgan fingerprint density at radius 3 is 2.58 bits per heavy atom. The highest BCUT2D eigenvalue weighted by molar-refractivity contribution is 6.54. The first kappa shape index (κ1) is 11.7. The predicted molar refractivity (Wildman–Crippen MR) is 69.3 cm³/mol. The second kappa shape index (κ2) is 4.21. The van der Waals surface area contributed by atoms with Crippen LogP contribution < -0.4 is 4.74 Å². The fraction of sp³-hybridized carbons (Fsp3) is 0.538. The summed E-state index contributed by atoms with van der Waals surface area (Å²) >= 11 is 0. The number of hydrogen-bond donors (Lipinski definition) is 0. The van der Waals surface area contributed by atoms with Crippen LogP contribution in [0.5, 0.6) is 5.75 Å². The average molecular weight is 263 g/mol. The number of ether oxygens (including phenoxy) is 1. The van der Waals surface area contributed by atoms with Gasteiger partial charge in [-0.2, -0.15) is 0 Å². The van der Waals surface area contributed by atoms with Gasteiger partial charge in [0.2, 0.25) is 0 Å². The van der Waals surface area contributed by atoms with Crippen molar-refractivity contribution in [1.82, 2.24) is 0 Å². The Morgan fingerprint density at radius 2 is 1.89 bits per heavy atom. The Labute approximate surface area is 112 Å². The van der Waals surface area contributed by atoms with Gasteiger partial charge in [-0.3, -0.25) is 0 Å². The number of benzene rings is 1. The number of rotatable bonds is 3. The molecule has 0 radical (unpaired) electrons. The minimum atomic E-state index is -1.55. The first-order valence-electron chi connectivity index (χ1n) is 6.95. The zero-order valence-corrected chi connectivity index (χ0v) is 10.9. The van der Waals surface area contributed by atoms with Crippen LogP contribution in [-0.4, -0.2) is 56.8 Å². The smallest absolute Gasteiger partial charge is 0.491 e. The first-order chi connectivity index (χ1) is 9.32. The van der Waals surface area contributed by atoms with Gasteiger partial charge in [-0.05, 0) is 12.1 Å². The maximum atomic E-state index is 6.07. The van der Waals surface area contributed by atoms with Crippen LogP contribution in [0.2, 0.25) is 0 Å². The molecule has 3 fully saturated rings. The molecule has 0 unspecified atom stereocenters. The molecule has 0 N–H and O–H groups in total. The van der Waals surface area contributed by atoms with Gasteiger partial charge in [0, 0.05) is 0 Å². The van der Waals surface area contributed by atoms with Crippen LogP contribution in [0.3, 0.4) is 0 Å². The molecule has 3 saturated heterocycles. The van der Waals surface area contributed by atoms with E-state index in [0.717, 1.165) is 43.0 Å². The summed E-state index contributed by atoms with van der Waals surface area (Å²) in [6.07, 6.45) is 0.0563. The average Bonchev–Trinajstić information content (AvgIpc) is 2.98. The Balaban J connectivity index is 1.43. The van der Waals surface area contributed by atoms with E-state index in [-0.39, 0.29) is 6.10 Å². The van der Waals surface area contributed by atoms with E-state index in [9.17, 15) is 0 Å². The highest BCUT2D eigenvalue weighted by Crippen LogP contribution is 2.41. The van der Waals surface area contributed by atoms with Crippen LogP contribution in [0.15, 0.2) is 30.3 Å². The van der Waals surface area contributed by atoms with E-state index in [4.69, 9.17) is 18.7 Å². The van der Waals surface area contributed by atoms with Crippen molar-refractivity contribution < 1.29 is 23.1 Å². The van der Waals surface area contributed by atoms with Crippen LogP contribution in [-0.2, 0) is 14.0 Å². The van der Waals surface area contributed by atoms with E-state index >= 15 is 0 Å². The van der Waals surface area contributed by atoms with Crippen LogP contribution in [0, 0.1) is 0 Å². The molecule has 0 amide bonds. The minimum Gasteiger partial charge on any atom is -0.491 e. The second-order valence-electron chi connectivity index (χ2n) is 5.58. The molecule has 0 spiro atoms. The molecule has 1 aromatic carbocycles. The number of quaternary nitrogens is 1. The van der Waals surface area contributed by atoms with Gasteiger partial charge in [-0.1, -0.05) is 18.2 Å². The van der Waals surface area contributed by atoms with E-state index in [1.807, 2.05) is 30.3 Å².